The molecule has 0 aliphatic carbocycles. The highest BCUT2D eigenvalue weighted by Gasteiger charge is 2.22. The first-order chi connectivity index (χ1) is 16.3. The summed E-state index contributed by atoms with van der Waals surface area (Å²) in [6.07, 6.45) is 3.10. The predicted octanol–water partition coefficient (Wildman–Crippen LogP) is 4.36. The van der Waals surface area contributed by atoms with Gasteiger partial charge >= 0.3 is 0 Å². The lowest BCUT2D eigenvalue weighted by Crippen LogP contribution is -2.31. The first kappa shape index (κ1) is 24.7. The number of hydrogen-bond acceptors (Lipinski definition) is 5. The molecule has 0 radical (unpaired) electrons. The first-order valence-corrected chi connectivity index (χ1v) is 10.8. The smallest absolute Gasteiger partial charge is 0.252 e. The Morgan fingerprint density at radius 3 is 2.50 bits per heavy atom. The number of hydrogen-bond donors (Lipinski definition) is 4. The predicted molar refractivity (Wildman–Crippen MR) is 127 cm³/mol. The maximum atomic E-state index is 14.8. The molecule has 1 heterocycles. The van der Waals surface area contributed by atoms with E-state index in [1.165, 1.54) is 42.5 Å². The highest BCUT2D eigenvalue weighted by atomic mass is 19.1. The Hall–Kier alpha value is -3.91. The van der Waals surface area contributed by atoms with Crippen LogP contribution in [0.4, 0.5) is 8.78 Å². The Morgan fingerprint density at radius 2 is 1.85 bits per heavy atom. The van der Waals surface area contributed by atoms with E-state index in [1.54, 1.807) is 31.3 Å². The molecule has 176 valence electrons. The van der Waals surface area contributed by atoms with Crippen molar-refractivity contribution in [2.75, 3.05) is 0 Å². The molecular weight excluding hydrogens is 438 g/mol. The van der Waals surface area contributed by atoms with Gasteiger partial charge in [0.05, 0.1) is 29.1 Å². The number of carbonyl (C=O) groups is 1. The van der Waals surface area contributed by atoms with Crippen LogP contribution >= 0.6 is 0 Å². The van der Waals surface area contributed by atoms with Gasteiger partial charge < -0.3 is 21.6 Å². The zero-order valence-electron chi connectivity index (χ0n) is 18.6. The summed E-state index contributed by atoms with van der Waals surface area (Å²) in [7, 11) is 0. The summed E-state index contributed by atoms with van der Waals surface area (Å²) >= 11 is 0. The second-order valence-electron chi connectivity index (χ2n) is 7.89. The van der Waals surface area contributed by atoms with Gasteiger partial charge in [0, 0.05) is 17.5 Å². The van der Waals surface area contributed by atoms with Gasteiger partial charge in [0.15, 0.2) is 0 Å². The van der Waals surface area contributed by atoms with Crippen LogP contribution in [0.3, 0.4) is 0 Å². The molecule has 1 aromatic heterocycles. The molecule has 6 nitrogen and oxygen atoms in total. The van der Waals surface area contributed by atoms with Crippen LogP contribution in [-0.2, 0) is 0 Å². The Morgan fingerprint density at radius 1 is 1.12 bits per heavy atom. The molecule has 1 amide bonds. The topological polar surface area (TPSA) is 112 Å². The van der Waals surface area contributed by atoms with Gasteiger partial charge in [-0.05, 0) is 67.8 Å². The number of aromatic nitrogens is 1. The Balaban J connectivity index is 1.90. The van der Waals surface area contributed by atoms with Crippen LogP contribution in [0.25, 0.3) is 5.70 Å². The Bertz CT molecular complexity index is 1180. The molecule has 34 heavy (non-hydrogen) atoms. The minimum Gasteiger partial charge on any atom is -0.398 e. The number of nitrogens with two attached hydrogens (primary N) is 1. The van der Waals surface area contributed by atoms with Crippen LogP contribution in [0.1, 0.15) is 53.0 Å². The zero-order valence-corrected chi connectivity index (χ0v) is 18.6. The maximum Gasteiger partial charge on any atom is 0.252 e. The second kappa shape index (κ2) is 11.3. The van der Waals surface area contributed by atoms with Crippen molar-refractivity contribution in [1.82, 2.24) is 10.3 Å². The highest BCUT2D eigenvalue weighted by Crippen LogP contribution is 2.21. The molecular formula is C26H26F2N4O2. The van der Waals surface area contributed by atoms with Crippen molar-refractivity contribution in [3.8, 4) is 0 Å². The van der Waals surface area contributed by atoms with E-state index >= 15 is 0 Å². The van der Waals surface area contributed by atoms with Crippen molar-refractivity contribution in [2.24, 2.45) is 5.73 Å². The van der Waals surface area contributed by atoms with Crippen molar-refractivity contribution < 1.29 is 18.7 Å². The third-order valence-electron chi connectivity index (χ3n) is 5.23. The number of aliphatic hydroxyl groups is 1. The number of carbonyl (C=O) groups excluding carboxylic acids is 1. The average Bonchev–Trinajstić information content (AvgIpc) is 2.82. The fourth-order valence-electron chi connectivity index (χ4n) is 3.46. The number of amides is 1. The normalized spacial score (nSPS) is 13.2. The number of benzene rings is 2. The van der Waals surface area contributed by atoms with Gasteiger partial charge in [0.1, 0.15) is 11.6 Å². The number of nitrogens with one attached hydrogen (secondary N) is 2. The van der Waals surface area contributed by atoms with Crippen molar-refractivity contribution in [3.05, 3.63) is 107 Å². The monoisotopic (exact) mass is 464 g/mol. The number of nitrogens with zero attached hydrogens (tertiary/aromatic N) is 1. The summed E-state index contributed by atoms with van der Waals surface area (Å²) in [5, 5.41) is 21.0. The molecule has 2 aromatic carbocycles. The lowest BCUT2D eigenvalue weighted by Gasteiger charge is -2.20. The van der Waals surface area contributed by atoms with Crippen LogP contribution in [0.5, 0.6) is 0 Å². The molecule has 8 heteroatoms. The molecule has 0 spiro atoms. The van der Waals surface area contributed by atoms with E-state index in [9.17, 15) is 18.7 Å². The minimum atomic E-state index is -0.751. The average molecular weight is 465 g/mol. The van der Waals surface area contributed by atoms with Gasteiger partial charge in [-0.1, -0.05) is 24.3 Å². The van der Waals surface area contributed by atoms with Gasteiger partial charge in [-0.3, -0.25) is 9.78 Å². The standard InChI is InChI=1S/C26H26F2N4O2/c1-16(33)8-13-24(23-7-2-3-14-31-23)32-26(34)19-5-4-6-20(28)25(19)22(30)15-21(29)17-9-11-18(27)12-10-17/h2-7,9-12,14-16,24,30,33H,8,13,29H2,1H3,(H,32,34)/b21-15-,30-22?/t16-,24?/m0/s1. The Kier molecular flexibility index (Phi) is 8.21. The summed E-state index contributed by atoms with van der Waals surface area (Å²) in [5.41, 5.74) is 6.67. The SMILES string of the molecule is C[C@H](O)CCC(NC(=O)c1cccc(F)c1C(=N)/C=C(\N)c1ccc(F)cc1)c1ccccn1. The van der Waals surface area contributed by atoms with Crippen LogP contribution < -0.4 is 11.1 Å². The highest BCUT2D eigenvalue weighted by molar-refractivity contribution is 6.16. The van der Waals surface area contributed by atoms with Gasteiger partial charge in [-0.2, -0.15) is 0 Å². The number of rotatable bonds is 9. The van der Waals surface area contributed by atoms with E-state index in [0.717, 1.165) is 6.07 Å². The summed E-state index contributed by atoms with van der Waals surface area (Å²) in [6, 6.07) is 14.1. The van der Waals surface area contributed by atoms with E-state index < -0.39 is 29.7 Å². The quantitative estimate of drug-likeness (QED) is 0.353. The van der Waals surface area contributed by atoms with Crippen molar-refractivity contribution in [3.63, 3.8) is 0 Å². The zero-order chi connectivity index (χ0) is 24.7. The van der Waals surface area contributed by atoms with Gasteiger partial charge in [0.2, 0.25) is 0 Å². The molecule has 0 aliphatic heterocycles. The van der Waals surface area contributed by atoms with E-state index in [2.05, 4.69) is 10.3 Å². The summed E-state index contributed by atoms with van der Waals surface area (Å²) in [6.45, 7) is 1.65. The van der Waals surface area contributed by atoms with E-state index in [1.807, 2.05) is 0 Å². The molecule has 0 saturated heterocycles. The third-order valence-corrected chi connectivity index (χ3v) is 5.23. The maximum absolute atomic E-state index is 14.8. The van der Waals surface area contributed by atoms with Crippen LogP contribution in [0, 0.1) is 17.0 Å². The Labute approximate surface area is 196 Å². The largest absolute Gasteiger partial charge is 0.398 e. The van der Waals surface area contributed by atoms with Crippen LogP contribution in [-0.4, -0.2) is 27.8 Å². The van der Waals surface area contributed by atoms with E-state index in [0.29, 0.717) is 24.1 Å². The summed E-state index contributed by atoms with van der Waals surface area (Å²) < 4.78 is 28.0. The number of pyridine rings is 1. The fourth-order valence-corrected chi connectivity index (χ4v) is 3.46. The van der Waals surface area contributed by atoms with E-state index in [4.69, 9.17) is 11.1 Å². The number of allylic oxidation sites excluding steroid dienone is 1. The summed E-state index contributed by atoms with van der Waals surface area (Å²) in [4.78, 5) is 17.5. The number of halogens is 2. The van der Waals surface area contributed by atoms with Crippen LogP contribution in [0.15, 0.2) is 72.9 Å². The molecule has 3 rings (SSSR count). The molecule has 0 bridgehead atoms. The molecule has 1 unspecified atom stereocenters. The number of aliphatic hydroxyl groups excluding tert-OH is 1. The van der Waals surface area contributed by atoms with Gasteiger partial charge in [0.25, 0.3) is 5.91 Å². The third kappa shape index (κ3) is 6.32. The van der Waals surface area contributed by atoms with Crippen molar-refractivity contribution >= 4 is 17.3 Å². The molecule has 0 saturated carbocycles. The summed E-state index contributed by atoms with van der Waals surface area (Å²) in [5.74, 6) is -1.77. The molecule has 2 atom stereocenters. The van der Waals surface area contributed by atoms with Crippen molar-refractivity contribution in [1.29, 1.82) is 5.41 Å². The minimum absolute atomic E-state index is 0.0360. The van der Waals surface area contributed by atoms with Gasteiger partial charge in [-0.25, -0.2) is 8.78 Å². The van der Waals surface area contributed by atoms with Gasteiger partial charge in [-0.15, -0.1) is 0 Å². The van der Waals surface area contributed by atoms with Crippen LogP contribution in [0.2, 0.25) is 0 Å². The molecule has 0 aliphatic rings. The lowest BCUT2D eigenvalue weighted by molar-refractivity contribution is 0.0926. The molecule has 3 aromatic rings. The van der Waals surface area contributed by atoms with Crippen molar-refractivity contribution in [2.45, 2.75) is 31.9 Å². The lowest BCUT2D eigenvalue weighted by atomic mass is 9.98. The molecule has 5 N–H and O–H groups in total. The first-order valence-electron chi connectivity index (χ1n) is 10.8. The molecule has 0 fully saturated rings. The fraction of sp³-hybridized carbons (Fsp3) is 0.192. The second-order valence-corrected chi connectivity index (χ2v) is 7.89. The van der Waals surface area contributed by atoms with E-state index in [-0.39, 0.29) is 22.5 Å².